The molecule has 1 saturated carbocycles. The van der Waals surface area contributed by atoms with Crippen LogP contribution in [0.4, 0.5) is 0 Å². The van der Waals surface area contributed by atoms with E-state index in [1.165, 1.54) is 5.56 Å². The number of rotatable bonds is 5. The van der Waals surface area contributed by atoms with Gasteiger partial charge in [0.2, 0.25) is 0 Å². The van der Waals surface area contributed by atoms with Gasteiger partial charge in [0.05, 0.1) is 12.7 Å². The van der Waals surface area contributed by atoms with Crippen LogP contribution in [0, 0.1) is 5.41 Å². The van der Waals surface area contributed by atoms with E-state index < -0.39 is 5.79 Å². The summed E-state index contributed by atoms with van der Waals surface area (Å²) in [6.45, 7) is 5.13. The molecule has 0 saturated heterocycles. The number of ether oxygens (including phenoxy) is 3. The summed E-state index contributed by atoms with van der Waals surface area (Å²) >= 11 is 0. The van der Waals surface area contributed by atoms with Crippen molar-refractivity contribution in [1.29, 1.82) is 0 Å². The first kappa shape index (κ1) is 15.5. The van der Waals surface area contributed by atoms with Crippen molar-refractivity contribution in [2.24, 2.45) is 5.41 Å². The quantitative estimate of drug-likeness (QED) is 0.767. The molecule has 1 fully saturated rings. The van der Waals surface area contributed by atoms with Crippen LogP contribution < -0.4 is 0 Å². The molecule has 0 aliphatic heterocycles. The predicted octanol–water partition coefficient (Wildman–Crippen LogP) is 3.77. The number of benzene rings is 1. The van der Waals surface area contributed by atoms with E-state index in [1.807, 2.05) is 18.2 Å². The van der Waals surface area contributed by atoms with E-state index in [0.717, 1.165) is 19.3 Å². The molecule has 3 nitrogen and oxygen atoms in total. The minimum Gasteiger partial charge on any atom is -0.373 e. The summed E-state index contributed by atoms with van der Waals surface area (Å²) in [4.78, 5) is 0. The van der Waals surface area contributed by atoms with Gasteiger partial charge in [0.25, 0.3) is 0 Å². The van der Waals surface area contributed by atoms with E-state index in [-0.39, 0.29) is 11.5 Å². The molecule has 1 aliphatic carbocycles. The number of hydrogen-bond acceptors (Lipinski definition) is 3. The Morgan fingerprint density at radius 2 is 1.75 bits per heavy atom. The van der Waals surface area contributed by atoms with Gasteiger partial charge < -0.3 is 14.2 Å². The lowest BCUT2D eigenvalue weighted by atomic mass is 9.72. The van der Waals surface area contributed by atoms with E-state index in [0.29, 0.717) is 6.61 Å². The third-order valence-corrected chi connectivity index (χ3v) is 4.42. The van der Waals surface area contributed by atoms with Crippen LogP contribution in [0.3, 0.4) is 0 Å². The number of hydrogen-bond donors (Lipinski definition) is 0. The Kier molecular flexibility index (Phi) is 4.84. The highest BCUT2D eigenvalue weighted by Crippen LogP contribution is 2.44. The molecule has 1 aromatic rings. The van der Waals surface area contributed by atoms with Gasteiger partial charge in [-0.25, -0.2) is 0 Å². The lowest BCUT2D eigenvalue weighted by Crippen LogP contribution is -2.49. The molecule has 20 heavy (non-hydrogen) atoms. The van der Waals surface area contributed by atoms with Crippen molar-refractivity contribution in [1.82, 2.24) is 0 Å². The molecule has 1 atom stereocenters. The van der Waals surface area contributed by atoms with Crippen LogP contribution in [0.25, 0.3) is 0 Å². The average Bonchev–Trinajstić information content (AvgIpc) is 2.46. The molecule has 0 amide bonds. The van der Waals surface area contributed by atoms with Crippen molar-refractivity contribution in [2.45, 2.75) is 51.6 Å². The highest BCUT2D eigenvalue weighted by molar-refractivity contribution is 5.13. The molecule has 3 heteroatoms. The SMILES string of the molecule is COC1(OC)CCC(OCc2ccccc2)C(C)(C)C1. The van der Waals surface area contributed by atoms with Crippen molar-refractivity contribution in [3.05, 3.63) is 35.9 Å². The van der Waals surface area contributed by atoms with Gasteiger partial charge in [0, 0.05) is 27.1 Å². The van der Waals surface area contributed by atoms with Gasteiger partial charge in [-0.15, -0.1) is 0 Å². The van der Waals surface area contributed by atoms with E-state index in [1.54, 1.807) is 14.2 Å². The second-order valence-corrected chi connectivity index (χ2v) is 6.31. The molecule has 0 heterocycles. The topological polar surface area (TPSA) is 27.7 Å². The Morgan fingerprint density at radius 1 is 1.10 bits per heavy atom. The van der Waals surface area contributed by atoms with E-state index in [4.69, 9.17) is 14.2 Å². The Hall–Kier alpha value is -0.900. The van der Waals surface area contributed by atoms with Crippen molar-refractivity contribution < 1.29 is 14.2 Å². The second-order valence-electron chi connectivity index (χ2n) is 6.31. The summed E-state index contributed by atoms with van der Waals surface area (Å²) in [5.74, 6) is -0.448. The fourth-order valence-electron chi connectivity index (χ4n) is 3.15. The van der Waals surface area contributed by atoms with Gasteiger partial charge in [-0.2, -0.15) is 0 Å². The summed E-state index contributed by atoms with van der Waals surface area (Å²) in [5, 5.41) is 0. The van der Waals surface area contributed by atoms with Crippen LogP contribution in [0.2, 0.25) is 0 Å². The van der Waals surface area contributed by atoms with E-state index in [2.05, 4.69) is 26.0 Å². The largest absolute Gasteiger partial charge is 0.373 e. The first-order valence-electron chi connectivity index (χ1n) is 7.27. The van der Waals surface area contributed by atoms with Gasteiger partial charge >= 0.3 is 0 Å². The first-order chi connectivity index (χ1) is 9.51. The van der Waals surface area contributed by atoms with Crippen LogP contribution >= 0.6 is 0 Å². The fourth-order valence-corrected chi connectivity index (χ4v) is 3.15. The summed E-state index contributed by atoms with van der Waals surface area (Å²) < 4.78 is 17.3. The second kappa shape index (κ2) is 6.25. The molecular formula is C17H26O3. The molecule has 0 spiro atoms. The minimum atomic E-state index is -0.448. The summed E-state index contributed by atoms with van der Waals surface area (Å²) in [5.41, 5.74) is 1.26. The molecule has 112 valence electrons. The van der Waals surface area contributed by atoms with Crippen LogP contribution in [-0.2, 0) is 20.8 Å². The van der Waals surface area contributed by atoms with Gasteiger partial charge in [0.1, 0.15) is 0 Å². The molecular weight excluding hydrogens is 252 g/mol. The Balaban J connectivity index is 1.97. The maximum atomic E-state index is 6.16. The molecule has 0 bridgehead atoms. The average molecular weight is 278 g/mol. The highest BCUT2D eigenvalue weighted by Gasteiger charge is 2.46. The Labute approximate surface area is 122 Å². The monoisotopic (exact) mass is 278 g/mol. The molecule has 0 radical (unpaired) electrons. The van der Waals surface area contributed by atoms with Crippen molar-refractivity contribution in [2.75, 3.05) is 14.2 Å². The molecule has 0 N–H and O–H groups in total. The van der Waals surface area contributed by atoms with E-state index in [9.17, 15) is 0 Å². The predicted molar refractivity (Wildman–Crippen MR) is 79.4 cm³/mol. The summed E-state index contributed by atoms with van der Waals surface area (Å²) in [6.07, 6.45) is 2.93. The zero-order valence-corrected chi connectivity index (χ0v) is 13.0. The fraction of sp³-hybridized carbons (Fsp3) is 0.647. The normalized spacial score (nSPS) is 24.5. The van der Waals surface area contributed by atoms with Crippen LogP contribution in [0.15, 0.2) is 30.3 Å². The molecule has 1 aromatic carbocycles. The molecule has 1 aliphatic rings. The van der Waals surface area contributed by atoms with Crippen LogP contribution in [-0.4, -0.2) is 26.1 Å². The van der Waals surface area contributed by atoms with Gasteiger partial charge in [-0.05, 0) is 17.4 Å². The van der Waals surface area contributed by atoms with Crippen molar-refractivity contribution in [3.63, 3.8) is 0 Å². The molecule has 2 rings (SSSR count). The third kappa shape index (κ3) is 3.40. The third-order valence-electron chi connectivity index (χ3n) is 4.42. The zero-order valence-electron chi connectivity index (χ0n) is 13.0. The van der Waals surface area contributed by atoms with Crippen molar-refractivity contribution in [3.8, 4) is 0 Å². The Morgan fingerprint density at radius 3 is 2.30 bits per heavy atom. The zero-order chi connectivity index (χ0) is 14.6. The van der Waals surface area contributed by atoms with Gasteiger partial charge in [-0.3, -0.25) is 0 Å². The molecule has 0 aromatic heterocycles. The standard InChI is InChI=1S/C17H26O3/c1-16(2)13-17(18-3,19-4)11-10-15(16)20-12-14-8-6-5-7-9-14/h5-9,15H,10-13H2,1-4H3. The maximum absolute atomic E-state index is 6.16. The highest BCUT2D eigenvalue weighted by atomic mass is 16.7. The Bertz CT molecular complexity index is 410. The lowest BCUT2D eigenvalue weighted by Gasteiger charge is -2.47. The van der Waals surface area contributed by atoms with Crippen LogP contribution in [0.5, 0.6) is 0 Å². The van der Waals surface area contributed by atoms with Gasteiger partial charge in [0.15, 0.2) is 5.79 Å². The van der Waals surface area contributed by atoms with Gasteiger partial charge in [-0.1, -0.05) is 44.2 Å². The van der Waals surface area contributed by atoms with Crippen LogP contribution in [0.1, 0.15) is 38.7 Å². The lowest BCUT2D eigenvalue weighted by molar-refractivity contribution is -0.259. The minimum absolute atomic E-state index is 0.0407. The smallest absolute Gasteiger partial charge is 0.168 e. The number of methoxy groups -OCH3 is 2. The molecule has 1 unspecified atom stereocenters. The van der Waals surface area contributed by atoms with Crippen molar-refractivity contribution >= 4 is 0 Å². The van der Waals surface area contributed by atoms with E-state index >= 15 is 0 Å². The maximum Gasteiger partial charge on any atom is 0.168 e. The summed E-state index contributed by atoms with van der Waals surface area (Å²) in [6, 6.07) is 10.3. The summed E-state index contributed by atoms with van der Waals surface area (Å²) in [7, 11) is 3.45. The first-order valence-corrected chi connectivity index (χ1v) is 7.27.